The fourth-order valence-corrected chi connectivity index (χ4v) is 3.28. The van der Waals surface area contributed by atoms with Crippen molar-refractivity contribution in [3.63, 3.8) is 0 Å². The van der Waals surface area contributed by atoms with Gasteiger partial charge in [-0.15, -0.1) is 0 Å². The first-order valence-corrected chi connectivity index (χ1v) is 9.94. The van der Waals surface area contributed by atoms with Crippen molar-refractivity contribution in [3.05, 3.63) is 93.3 Å². The zero-order valence-corrected chi connectivity index (χ0v) is 17.7. The van der Waals surface area contributed by atoms with Gasteiger partial charge < -0.3 is 10.1 Å². The molecular formula is C23H17F3N4O4. The quantitative estimate of drug-likeness (QED) is 0.482. The number of fused-ring (bicyclic) bond motifs is 1. The van der Waals surface area contributed by atoms with E-state index in [1.54, 1.807) is 48.5 Å². The lowest BCUT2D eigenvalue weighted by Gasteiger charge is -2.14. The van der Waals surface area contributed by atoms with Crippen LogP contribution in [0.3, 0.4) is 0 Å². The molecule has 2 aromatic carbocycles. The monoisotopic (exact) mass is 470 g/mol. The molecule has 2 aromatic heterocycles. The molecule has 0 fully saturated rings. The van der Waals surface area contributed by atoms with Crippen molar-refractivity contribution >= 4 is 22.6 Å². The van der Waals surface area contributed by atoms with E-state index in [9.17, 15) is 27.6 Å². The number of hydrogen-bond acceptors (Lipinski definition) is 5. The van der Waals surface area contributed by atoms with Crippen LogP contribution in [-0.2, 0) is 24.6 Å². The summed E-state index contributed by atoms with van der Waals surface area (Å²) in [7, 11) is 1.18. The largest absolute Gasteiger partial charge is 0.455 e. The van der Waals surface area contributed by atoms with Crippen molar-refractivity contribution < 1.29 is 22.7 Å². The molecule has 11 heteroatoms. The normalized spacial score (nSPS) is 11.4. The van der Waals surface area contributed by atoms with Gasteiger partial charge >= 0.3 is 11.9 Å². The lowest BCUT2D eigenvalue weighted by atomic mass is 10.2. The number of nitrogens with one attached hydrogen (secondary N) is 1. The highest BCUT2D eigenvalue weighted by atomic mass is 19.4. The maximum Gasteiger partial charge on any atom is 0.433 e. The van der Waals surface area contributed by atoms with Crippen LogP contribution < -0.4 is 21.3 Å². The first kappa shape index (κ1) is 22.8. The van der Waals surface area contributed by atoms with Crippen LogP contribution in [0.1, 0.15) is 5.69 Å². The Morgan fingerprint density at radius 1 is 1.00 bits per heavy atom. The third kappa shape index (κ3) is 4.53. The van der Waals surface area contributed by atoms with Crippen LogP contribution in [0.15, 0.2) is 76.3 Å². The summed E-state index contributed by atoms with van der Waals surface area (Å²) in [5, 5.41) is 2.37. The van der Waals surface area contributed by atoms with Gasteiger partial charge in [-0.3, -0.25) is 18.7 Å². The number of halogens is 3. The molecule has 0 aliphatic carbocycles. The zero-order chi connectivity index (χ0) is 24.5. The van der Waals surface area contributed by atoms with Gasteiger partial charge in [0.1, 0.15) is 23.6 Å². The topological polar surface area (TPSA) is 95.2 Å². The summed E-state index contributed by atoms with van der Waals surface area (Å²) in [6.07, 6.45) is -4.74. The van der Waals surface area contributed by atoms with Crippen LogP contribution in [0.5, 0.6) is 11.5 Å². The number of hydrogen-bond donors (Lipinski definition) is 1. The molecule has 2 heterocycles. The zero-order valence-electron chi connectivity index (χ0n) is 17.7. The Balaban J connectivity index is 1.63. The smallest absolute Gasteiger partial charge is 0.433 e. The SMILES string of the molecule is Cn1c(=O)n(CC(=O)Nc2ccccc2Oc2ccccc2)c(=O)c2ccc(C(F)(F)F)nc21. The maximum absolute atomic E-state index is 13.0. The van der Waals surface area contributed by atoms with Gasteiger partial charge in [0.15, 0.2) is 5.75 Å². The summed E-state index contributed by atoms with van der Waals surface area (Å²) in [5.74, 6) is 0.168. The fraction of sp³-hybridized carbons (Fsp3) is 0.130. The van der Waals surface area contributed by atoms with E-state index >= 15 is 0 Å². The Labute approximate surface area is 189 Å². The predicted octanol–water partition coefficient (Wildman–Crippen LogP) is 3.55. The van der Waals surface area contributed by atoms with E-state index in [0.29, 0.717) is 27.8 Å². The van der Waals surface area contributed by atoms with Gasteiger partial charge in [-0.25, -0.2) is 9.78 Å². The van der Waals surface area contributed by atoms with Gasteiger partial charge in [-0.2, -0.15) is 13.2 Å². The number of aromatic nitrogens is 3. The molecule has 1 N–H and O–H groups in total. The minimum Gasteiger partial charge on any atom is -0.455 e. The number of carbonyl (C=O) groups excluding carboxylic acids is 1. The van der Waals surface area contributed by atoms with Gasteiger partial charge in [0.25, 0.3) is 5.56 Å². The first-order chi connectivity index (χ1) is 16.1. The molecule has 0 aliphatic heterocycles. The van der Waals surface area contributed by atoms with Gasteiger partial charge in [0.05, 0.1) is 11.1 Å². The molecule has 34 heavy (non-hydrogen) atoms. The van der Waals surface area contributed by atoms with Crippen molar-refractivity contribution in [2.75, 3.05) is 5.32 Å². The van der Waals surface area contributed by atoms with Crippen molar-refractivity contribution in [1.82, 2.24) is 14.1 Å². The minimum absolute atomic E-state index is 0.226. The molecule has 4 aromatic rings. The van der Waals surface area contributed by atoms with E-state index in [1.807, 2.05) is 6.07 Å². The second-order valence-corrected chi connectivity index (χ2v) is 7.26. The van der Waals surface area contributed by atoms with E-state index in [1.165, 1.54) is 7.05 Å². The Morgan fingerprint density at radius 3 is 2.38 bits per heavy atom. The molecule has 0 spiro atoms. The summed E-state index contributed by atoms with van der Waals surface area (Å²) in [5.41, 5.74) is -3.27. The van der Waals surface area contributed by atoms with Crippen molar-refractivity contribution in [3.8, 4) is 11.5 Å². The molecule has 0 saturated heterocycles. The van der Waals surface area contributed by atoms with E-state index in [-0.39, 0.29) is 5.39 Å². The molecule has 0 aliphatic rings. The first-order valence-electron chi connectivity index (χ1n) is 9.94. The minimum atomic E-state index is -4.74. The van der Waals surface area contributed by atoms with Crippen LogP contribution in [0, 0.1) is 0 Å². The van der Waals surface area contributed by atoms with Crippen molar-refractivity contribution in [2.45, 2.75) is 12.7 Å². The van der Waals surface area contributed by atoms with Crippen LogP contribution in [-0.4, -0.2) is 20.0 Å². The molecule has 4 rings (SSSR count). The highest BCUT2D eigenvalue weighted by Crippen LogP contribution is 2.29. The Morgan fingerprint density at radius 2 is 1.68 bits per heavy atom. The standard InChI is InChI=1S/C23H17F3N4O4/c1-29-20-15(11-12-18(28-20)23(24,25)26)21(32)30(22(29)33)13-19(31)27-16-9-5-6-10-17(16)34-14-7-3-2-4-8-14/h2-12H,13H2,1H3,(H,27,31). The number of alkyl halides is 3. The maximum atomic E-state index is 13.0. The van der Waals surface area contributed by atoms with E-state index in [4.69, 9.17) is 4.74 Å². The molecular weight excluding hydrogens is 453 g/mol. The number of aryl methyl sites for hydroxylation is 1. The number of para-hydroxylation sites is 3. The molecule has 0 atom stereocenters. The third-order valence-corrected chi connectivity index (χ3v) is 4.91. The third-order valence-electron chi connectivity index (χ3n) is 4.91. The number of rotatable bonds is 5. The van der Waals surface area contributed by atoms with Crippen molar-refractivity contribution in [1.29, 1.82) is 0 Å². The average Bonchev–Trinajstić information content (AvgIpc) is 2.81. The summed E-state index contributed by atoms with van der Waals surface area (Å²) in [4.78, 5) is 41.5. The highest BCUT2D eigenvalue weighted by Gasteiger charge is 2.33. The lowest BCUT2D eigenvalue weighted by Crippen LogP contribution is -2.42. The Bertz CT molecular complexity index is 1490. The van der Waals surface area contributed by atoms with Crippen LogP contribution >= 0.6 is 0 Å². The van der Waals surface area contributed by atoms with E-state index in [0.717, 1.165) is 10.6 Å². The van der Waals surface area contributed by atoms with Gasteiger partial charge in [0.2, 0.25) is 5.91 Å². The van der Waals surface area contributed by atoms with Gasteiger partial charge in [-0.1, -0.05) is 30.3 Å². The summed E-state index contributed by atoms with van der Waals surface area (Å²) in [6, 6.07) is 17.0. The molecule has 8 nitrogen and oxygen atoms in total. The van der Waals surface area contributed by atoms with Crippen LogP contribution in [0.25, 0.3) is 11.0 Å². The molecule has 174 valence electrons. The number of amides is 1. The van der Waals surface area contributed by atoms with E-state index < -0.39 is 41.2 Å². The summed E-state index contributed by atoms with van der Waals surface area (Å²) >= 11 is 0. The van der Waals surface area contributed by atoms with Crippen molar-refractivity contribution in [2.24, 2.45) is 7.05 Å². The second kappa shape index (κ2) is 8.85. The molecule has 0 bridgehead atoms. The number of anilines is 1. The number of benzene rings is 2. The lowest BCUT2D eigenvalue weighted by molar-refractivity contribution is -0.141. The number of pyridine rings is 1. The van der Waals surface area contributed by atoms with Crippen LogP contribution in [0.4, 0.5) is 18.9 Å². The molecule has 0 radical (unpaired) electrons. The number of carbonyl (C=O) groups is 1. The highest BCUT2D eigenvalue weighted by molar-refractivity contribution is 5.92. The second-order valence-electron chi connectivity index (χ2n) is 7.26. The van der Waals surface area contributed by atoms with E-state index in [2.05, 4.69) is 10.3 Å². The number of ether oxygens (including phenoxy) is 1. The summed E-state index contributed by atoms with van der Waals surface area (Å²) in [6.45, 7) is -0.665. The average molecular weight is 470 g/mol. The van der Waals surface area contributed by atoms with Gasteiger partial charge in [0, 0.05) is 7.05 Å². The molecule has 0 unspecified atom stereocenters. The fourth-order valence-electron chi connectivity index (χ4n) is 3.28. The van der Waals surface area contributed by atoms with Crippen LogP contribution in [0.2, 0.25) is 0 Å². The number of nitrogens with zero attached hydrogens (tertiary/aromatic N) is 3. The Hall–Kier alpha value is -4.41. The predicted molar refractivity (Wildman–Crippen MR) is 118 cm³/mol. The molecule has 0 saturated carbocycles. The Kier molecular flexibility index (Phi) is 5.93. The van der Waals surface area contributed by atoms with Gasteiger partial charge in [-0.05, 0) is 36.4 Å². The summed E-state index contributed by atoms with van der Waals surface area (Å²) < 4.78 is 46.1. The molecule has 1 amide bonds.